The van der Waals surface area contributed by atoms with Crippen LogP contribution in [-0.4, -0.2) is 29.8 Å². The summed E-state index contributed by atoms with van der Waals surface area (Å²) in [5.74, 6) is 1.48. The Kier molecular flexibility index (Phi) is 5.91. The molecule has 2 aromatic carbocycles. The number of piperidine rings is 1. The van der Waals surface area contributed by atoms with E-state index >= 15 is 0 Å². The Morgan fingerprint density at radius 1 is 0.897 bits per heavy atom. The first-order valence-electron chi connectivity index (χ1n) is 9.65. The van der Waals surface area contributed by atoms with Crippen molar-refractivity contribution in [3.63, 3.8) is 0 Å². The lowest BCUT2D eigenvalue weighted by atomic mass is 9.95. The summed E-state index contributed by atoms with van der Waals surface area (Å²) in [4.78, 5) is 27.6. The van der Waals surface area contributed by atoms with Gasteiger partial charge in [-0.3, -0.25) is 9.59 Å². The Labute approximate surface area is 173 Å². The van der Waals surface area contributed by atoms with Crippen LogP contribution in [0.15, 0.2) is 72.1 Å². The number of nitrogens with one attached hydrogen (secondary N) is 1. The number of hydrogen-bond acceptors (Lipinski definition) is 4. The van der Waals surface area contributed by atoms with E-state index in [-0.39, 0.29) is 17.7 Å². The fourth-order valence-electron chi connectivity index (χ4n) is 3.38. The second kappa shape index (κ2) is 8.92. The quantitative estimate of drug-likeness (QED) is 0.646. The molecule has 5 nitrogen and oxygen atoms in total. The summed E-state index contributed by atoms with van der Waals surface area (Å²) in [5.41, 5.74) is 0.743. The van der Waals surface area contributed by atoms with Crippen molar-refractivity contribution in [2.24, 2.45) is 5.92 Å². The Hall–Kier alpha value is -3.12. The lowest BCUT2D eigenvalue weighted by Crippen LogP contribution is -2.41. The predicted octanol–water partition coefficient (Wildman–Crippen LogP) is 5.03. The smallest absolute Gasteiger partial charge is 0.263 e. The number of hydrogen-bond donors (Lipinski definition) is 1. The third-order valence-electron chi connectivity index (χ3n) is 4.99. The van der Waals surface area contributed by atoms with Crippen molar-refractivity contribution in [2.45, 2.75) is 12.8 Å². The highest BCUT2D eigenvalue weighted by Crippen LogP contribution is 2.25. The van der Waals surface area contributed by atoms with Crippen LogP contribution in [0.3, 0.4) is 0 Å². The van der Waals surface area contributed by atoms with Crippen LogP contribution in [0.2, 0.25) is 0 Å². The van der Waals surface area contributed by atoms with E-state index < -0.39 is 0 Å². The third kappa shape index (κ3) is 4.84. The van der Waals surface area contributed by atoms with Gasteiger partial charge in [-0.15, -0.1) is 11.3 Å². The lowest BCUT2D eigenvalue weighted by Gasteiger charge is -2.31. The molecule has 1 aromatic heterocycles. The van der Waals surface area contributed by atoms with Gasteiger partial charge >= 0.3 is 0 Å². The van der Waals surface area contributed by atoms with Crippen LogP contribution in [0.1, 0.15) is 22.5 Å². The van der Waals surface area contributed by atoms with Crippen molar-refractivity contribution in [1.82, 2.24) is 4.90 Å². The maximum atomic E-state index is 12.6. The number of amides is 2. The fraction of sp³-hybridized carbons (Fsp3) is 0.217. The van der Waals surface area contributed by atoms with Crippen molar-refractivity contribution >= 4 is 28.8 Å². The van der Waals surface area contributed by atoms with Gasteiger partial charge in [0.1, 0.15) is 11.5 Å². The van der Waals surface area contributed by atoms with Crippen molar-refractivity contribution in [2.75, 3.05) is 18.4 Å². The van der Waals surface area contributed by atoms with Crippen LogP contribution in [0.5, 0.6) is 11.5 Å². The van der Waals surface area contributed by atoms with E-state index in [2.05, 4.69) is 5.32 Å². The van der Waals surface area contributed by atoms with Crippen LogP contribution < -0.4 is 10.1 Å². The maximum Gasteiger partial charge on any atom is 0.263 e. The molecule has 1 fully saturated rings. The van der Waals surface area contributed by atoms with Gasteiger partial charge in [0.2, 0.25) is 5.91 Å². The molecule has 29 heavy (non-hydrogen) atoms. The highest BCUT2D eigenvalue weighted by molar-refractivity contribution is 7.12. The van der Waals surface area contributed by atoms with Gasteiger partial charge in [-0.1, -0.05) is 24.3 Å². The van der Waals surface area contributed by atoms with Crippen molar-refractivity contribution in [1.29, 1.82) is 0 Å². The molecule has 1 saturated heterocycles. The molecule has 1 aliphatic rings. The number of ether oxygens (including phenoxy) is 1. The van der Waals surface area contributed by atoms with Crippen LogP contribution >= 0.6 is 11.3 Å². The molecule has 0 atom stereocenters. The molecule has 0 radical (unpaired) electrons. The maximum absolute atomic E-state index is 12.6. The van der Waals surface area contributed by atoms with Gasteiger partial charge in [0.15, 0.2) is 0 Å². The Morgan fingerprint density at radius 3 is 2.24 bits per heavy atom. The zero-order valence-electron chi connectivity index (χ0n) is 15.9. The van der Waals surface area contributed by atoms with E-state index in [0.717, 1.165) is 22.1 Å². The molecule has 2 amide bonds. The first kappa shape index (κ1) is 19.2. The van der Waals surface area contributed by atoms with Crippen LogP contribution in [0, 0.1) is 5.92 Å². The molecule has 0 spiro atoms. The van der Waals surface area contributed by atoms with Crippen LogP contribution in [-0.2, 0) is 4.79 Å². The fourth-order valence-corrected chi connectivity index (χ4v) is 4.07. The molecule has 0 unspecified atom stereocenters. The van der Waals surface area contributed by atoms with Gasteiger partial charge in [-0.2, -0.15) is 0 Å². The molecule has 148 valence electrons. The van der Waals surface area contributed by atoms with Crippen molar-refractivity contribution in [3.05, 3.63) is 77.0 Å². The van der Waals surface area contributed by atoms with Gasteiger partial charge in [-0.25, -0.2) is 0 Å². The molecular weight excluding hydrogens is 384 g/mol. The summed E-state index contributed by atoms with van der Waals surface area (Å²) < 4.78 is 5.77. The number of carbonyl (C=O) groups excluding carboxylic acids is 2. The Balaban J connectivity index is 1.28. The number of benzene rings is 2. The number of rotatable bonds is 5. The SMILES string of the molecule is O=C(Nc1ccc(Oc2ccccc2)cc1)C1CCN(C(=O)c2cccs2)CC1. The number of thiophene rings is 1. The first-order chi connectivity index (χ1) is 14.2. The summed E-state index contributed by atoms with van der Waals surface area (Å²) in [6.07, 6.45) is 1.36. The van der Waals surface area contributed by atoms with E-state index in [4.69, 9.17) is 4.74 Å². The third-order valence-corrected chi connectivity index (χ3v) is 5.84. The molecule has 0 saturated carbocycles. The van der Waals surface area contributed by atoms with Crippen molar-refractivity contribution in [3.8, 4) is 11.5 Å². The summed E-state index contributed by atoms with van der Waals surface area (Å²) >= 11 is 1.45. The number of nitrogens with zero attached hydrogens (tertiary/aromatic N) is 1. The van der Waals surface area contributed by atoms with Gasteiger partial charge in [-0.05, 0) is 60.7 Å². The number of para-hydroxylation sites is 1. The molecule has 6 heteroatoms. The molecule has 1 N–H and O–H groups in total. The molecule has 1 aliphatic heterocycles. The van der Waals surface area contributed by atoms with Crippen molar-refractivity contribution < 1.29 is 14.3 Å². The minimum absolute atomic E-state index is 0.00458. The van der Waals surface area contributed by atoms with E-state index in [1.807, 2.05) is 77.0 Å². The second-order valence-corrected chi connectivity index (χ2v) is 7.92. The topological polar surface area (TPSA) is 58.6 Å². The highest BCUT2D eigenvalue weighted by atomic mass is 32.1. The lowest BCUT2D eigenvalue weighted by molar-refractivity contribution is -0.121. The summed E-state index contributed by atoms with van der Waals surface area (Å²) in [6, 6.07) is 20.6. The first-order valence-corrected chi connectivity index (χ1v) is 10.5. The minimum Gasteiger partial charge on any atom is -0.457 e. The zero-order chi connectivity index (χ0) is 20.1. The highest BCUT2D eigenvalue weighted by Gasteiger charge is 2.28. The molecule has 0 bridgehead atoms. The summed E-state index contributed by atoms with van der Waals surface area (Å²) in [5, 5.41) is 4.88. The Morgan fingerprint density at radius 2 is 1.59 bits per heavy atom. The standard InChI is InChI=1S/C23H22N2O3S/c26-22(17-12-14-25(15-13-17)23(27)21-7-4-16-29-21)24-18-8-10-20(11-9-18)28-19-5-2-1-3-6-19/h1-11,16-17H,12-15H2,(H,24,26). The summed E-state index contributed by atoms with van der Waals surface area (Å²) in [7, 11) is 0. The van der Waals surface area contributed by atoms with E-state index in [1.165, 1.54) is 11.3 Å². The van der Waals surface area contributed by atoms with Gasteiger partial charge in [0, 0.05) is 24.7 Å². The van der Waals surface area contributed by atoms with E-state index in [9.17, 15) is 9.59 Å². The average molecular weight is 407 g/mol. The molecule has 2 heterocycles. The minimum atomic E-state index is -0.0809. The average Bonchev–Trinajstić information content (AvgIpc) is 3.30. The summed E-state index contributed by atoms with van der Waals surface area (Å²) in [6.45, 7) is 1.22. The predicted molar refractivity (Wildman–Crippen MR) is 115 cm³/mol. The Bertz CT molecular complexity index is 948. The van der Waals surface area contributed by atoms with E-state index in [1.54, 1.807) is 0 Å². The monoisotopic (exact) mass is 406 g/mol. The normalized spacial score (nSPS) is 14.4. The van der Waals surface area contributed by atoms with E-state index in [0.29, 0.717) is 25.9 Å². The van der Waals surface area contributed by atoms with Gasteiger partial charge < -0.3 is 15.0 Å². The molecule has 0 aliphatic carbocycles. The molecular formula is C23H22N2O3S. The van der Waals surface area contributed by atoms with Crippen LogP contribution in [0.4, 0.5) is 5.69 Å². The van der Waals surface area contributed by atoms with Gasteiger partial charge in [0.05, 0.1) is 4.88 Å². The zero-order valence-corrected chi connectivity index (χ0v) is 16.7. The second-order valence-electron chi connectivity index (χ2n) is 6.97. The molecule has 3 aromatic rings. The number of carbonyl (C=O) groups is 2. The van der Waals surface area contributed by atoms with Crippen LogP contribution in [0.25, 0.3) is 0 Å². The molecule has 4 rings (SSSR count). The number of anilines is 1. The number of likely N-dealkylation sites (tertiary alicyclic amines) is 1. The largest absolute Gasteiger partial charge is 0.457 e. The van der Waals surface area contributed by atoms with Gasteiger partial charge in [0.25, 0.3) is 5.91 Å².